The van der Waals surface area contributed by atoms with Gasteiger partial charge >= 0.3 is 288 Å². The van der Waals surface area contributed by atoms with Gasteiger partial charge in [-0.05, 0) is 0 Å². The van der Waals surface area contributed by atoms with Crippen molar-refractivity contribution in [2.75, 3.05) is 46.0 Å². The summed E-state index contributed by atoms with van der Waals surface area (Å²) in [5, 5.41) is 7.74. The molecule has 4 fully saturated rings. The third-order valence-electron chi connectivity index (χ3n) is 5.57. The van der Waals surface area contributed by atoms with Gasteiger partial charge in [0.1, 0.15) is 0 Å². The van der Waals surface area contributed by atoms with Gasteiger partial charge in [0.2, 0.25) is 0 Å². The van der Waals surface area contributed by atoms with Crippen molar-refractivity contribution >= 4 is 169 Å². The van der Waals surface area contributed by atoms with E-state index in [4.69, 9.17) is 0 Å². The van der Waals surface area contributed by atoms with Crippen molar-refractivity contribution in [1.29, 1.82) is 0 Å². The maximum atomic E-state index is 2.42. The summed E-state index contributed by atoms with van der Waals surface area (Å²) in [6.07, 6.45) is 0. The summed E-state index contributed by atoms with van der Waals surface area (Å²) in [5.41, 5.74) is 0.754. The Hall–Kier alpha value is 5.78. The predicted molar refractivity (Wildman–Crippen MR) is 179 cm³/mol. The molecule has 0 amide bonds. The van der Waals surface area contributed by atoms with Gasteiger partial charge in [-0.3, -0.25) is 0 Å². The van der Waals surface area contributed by atoms with Gasteiger partial charge in [-0.2, -0.15) is 0 Å². The zero-order valence-corrected chi connectivity index (χ0v) is 36.0. The SMILES string of the molecule is C(C[Te]CC1CS1)SCC(CSCC[Te]CC1CS1)(C[Se]CC[Te]CC1CS1)C[Te]CC1CS1. The summed E-state index contributed by atoms with van der Waals surface area (Å²) in [6, 6.07) is 0. The normalized spacial score (nSPS) is 28.6. The molecule has 4 aliphatic rings. The van der Waals surface area contributed by atoms with Crippen LogP contribution in [0.2, 0.25) is 46.4 Å². The molecule has 0 aromatic heterocycles. The van der Waals surface area contributed by atoms with E-state index in [2.05, 4.69) is 70.6 Å². The molecule has 11 heteroatoms. The molecular formula is C23H40S6SeTe4. The van der Waals surface area contributed by atoms with Gasteiger partial charge in [-0.1, -0.05) is 0 Å². The van der Waals surface area contributed by atoms with Gasteiger partial charge in [-0.15, -0.1) is 0 Å². The molecular weight excluding hydrogens is 1060 g/mol. The summed E-state index contributed by atoms with van der Waals surface area (Å²) in [7, 11) is 0. The minimum atomic E-state index is 0.249. The van der Waals surface area contributed by atoms with Crippen LogP contribution in [0.15, 0.2) is 0 Å². The number of hydrogen-bond donors (Lipinski definition) is 0. The van der Waals surface area contributed by atoms with E-state index < -0.39 is 0 Å². The number of rotatable bonds is 25. The van der Waals surface area contributed by atoms with Crippen LogP contribution in [-0.2, 0) is 0 Å². The fraction of sp³-hybridized carbons (Fsp3) is 1.00. The summed E-state index contributed by atoms with van der Waals surface area (Å²) in [4.78, 5) is 0. The van der Waals surface area contributed by atoms with Gasteiger partial charge in [-0.25, -0.2) is 0 Å². The van der Waals surface area contributed by atoms with E-state index >= 15 is 0 Å². The Morgan fingerprint density at radius 1 is 0.647 bits per heavy atom. The van der Waals surface area contributed by atoms with Gasteiger partial charge < -0.3 is 0 Å². The Morgan fingerprint density at radius 2 is 1.09 bits per heavy atom. The molecule has 4 rings (SSSR count). The Balaban J connectivity index is 1.17. The average Bonchev–Trinajstić information content (AvgIpc) is 3.66. The van der Waals surface area contributed by atoms with Gasteiger partial charge in [0.25, 0.3) is 0 Å². The van der Waals surface area contributed by atoms with Gasteiger partial charge in [0.05, 0.1) is 0 Å². The third-order valence-corrected chi connectivity index (χ3v) is 34.7. The maximum absolute atomic E-state index is 2.42. The van der Waals surface area contributed by atoms with Crippen LogP contribution in [0.1, 0.15) is 0 Å². The predicted octanol–water partition coefficient (Wildman–Crippen LogP) is 6.60. The van der Waals surface area contributed by atoms with Crippen LogP contribution >= 0.6 is 70.6 Å². The molecule has 0 saturated carbocycles. The van der Waals surface area contributed by atoms with Crippen molar-refractivity contribution in [3.8, 4) is 0 Å². The summed E-state index contributed by atoms with van der Waals surface area (Å²) in [5.74, 6) is 12.1. The first-order chi connectivity index (χ1) is 16.8. The Labute approximate surface area is 283 Å². The molecule has 0 aromatic carbocycles. The monoisotopic (exact) mass is 1110 g/mol. The van der Waals surface area contributed by atoms with E-state index in [0.29, 0.717) is 62.8 Å². The van der Waals surface area contributed by atoms with Crippen molar-refractivity contribution in [2.24, 2.45) is 5.41 Å². The van der Waals surface area contributed by atoms with Crippen molar-refractivity contribution in [1.82, 2.24) is 0 Å². The fourth-order valence-corrected chi connectivity index (χ4v) is 35.1. The molecule has 0 aliphatic carbocycles. The first-order valence-corrected chi connectivity index (χ1v) is 34.4. The molecule has 0 N–H and O–H groups in total. The number of thioether (sulfide) groups is 6. The third kappa shape index (κ3) is 17.0. The Kier molecular flexibility index (Phi) is 19.1. The first-order valence-electron chi connectivity index (χ1n) is 12.3. The van der Waals surface area contributed by atoms with E-state index in [0.717, 1.165) is 41.4 Å². The van der Waals surface area contributed by atoms with E-state index in [1.54, 1.807) is 57.9 Å². The van der Waals surface area contributed by atoms with Gasteiger partial charge in [0.15, 0.2) is 0 Å². The van der Waals surface area contributed by atoms with Crippen LogP contribution in [0.4, 0.5) is 0 Å². The second-order valence-corrected chi connectivity index (χ2v) is 31.9. The zero-order chi connectivity index (χ0) is 23.3. The Morgan fingerprint density at radius 3 is 1.56 bits per heavy atom. The van der Waals surface area contributed by atoms with E-state index in [1.165, 1.54) is 34.5 Å². The molecule has 4 unspecified atom stereocenters. The van der Waals surface area contributed by atoms with Crippen molar-refractivity contribution in [2.45, 2.75) is 67.4 Å². The fourth-order valence-electron chi connectivity index (χ4n) is 3.18. The number of hydrogen-bond acceptors (Lipinski definition) is 6. The minimum absolute atomic E-state index is 0.249. The Bertz CT molecular complexity index is 490. The summed E-state index contributed by atoms with van der Waals surface area (Å²) >= 11 is 16.0. The second-order valence-electron chi connectivity index (χ2n) is 9.22. The molecule has 198 valence electrons. The van der Waals surface area contributed by atoms with Crippen LogP contribution in [-0.4, -0.2) is 166 Å². The van der Waals surface area contributed by atoms with E-state index in [1.807, 2.05) is 0 Å². The van der Waals surface area contributed by atoms with Crippen LogP contribution in [0, 0.1) is 5.41 Å². The molecule has 0 spiro atoms. The average molecular weight is 1100 g/mol. The van der Waals surface area contributed by atoms with Crippen LogP contribution in [0.5, 0.6) is 0 Å². The molecule has 0 nitrogen and oxygen atoms in total. The zero-order valence-electron chi connectivity index (χ0n) is 20.0. The molecule has 34 heavy (non-hydrogen) atoms. The van der Waals surface area contributed by atoms with Crippen LogP contribution in [0.25, 0.3) is 0 Å². The molecule has 4 saturated heterocycles. The van der Waals surface area contributed by atoms with E-state index in [9.17, 15) is 0 Å². The topological polar surface area (TPSA) is 0 Å². The van der Waals surface area contributed by atoms with Crippen LogP contribution in [0.3, 0.4) is 0 Å². The molecule has 4 heterocycles. The first kappa shape index (κ1) is 32.7. The summed E-state index contributed by atoms with van der Waals surface area (Å²) < 4.78 is 13.2. The molecule has 4 atom stereocenters. The molecule has 0 bridgehead atoms. The molecule has 4 aliphatic heterocycles. The quantitative estimate of drug-likeness (QED) is 0.0571. The second kappa shape index (κ2) is 19.9. The molecule has 0 aromatic rings. The molecule has 0 radical (unpaired) electrons. The van der Waals surface area contributed by atoms with Crippen molar-refractivity contribution in [3.05, 3.63) is 0 Å². The van der Waals surface area contributed by atoms with E-state index in [-0.39, 0.29) is 20.9 Å². The van der Waals surface area contributed by atoms with Gasteiger partial charge in [0, 0.05) is 0 Å². The van der Waals surface area contributed by atoms with Crippen LogP contribution < -0.4 is 0 Å². The standard InChI is InChI=1S/C23H40S6SeTe4/c1(4-31-11-19-7-26-19)24-15-23(18-34-14-22-10-29-22,16-25-2-5-32-12-20-8-27-20)17-30-3-6-33-13-21-9-28-21/h19-22H,1-18H2. The summed E-state index contributed by atoms with van der Waals surface area (Å²) in [6.45, 7) is 0. The van der Waals surface area contributed by atoms with Crippen molar-refractivity contribution in [3.63, 3.8) is 0 Å². The van der Waals surface area contributed by atoms with Crippen molar-refractivity contribution < 1.29 is 0 Å².